The zero-order chi connectivity index (χ0) is 14.7. The van der Waals surface area contributed by atoms with E-state index >= 15 is 0 Å². The maximum atomic E-state index is 10.9. The maximum Gasteiger partial charge on any atom is 0.358 e. The summed E-state index contributed by atoms with van der Waals surface area (Å²) in [4.78, 5) is 10.9. The van der Waals surface area contributed by atoms with Crippen LogP contribution in [0.5, 0.6) is 0 Å². The summed E-state index contributed by atoms with van der Waals surface area (Å²) in [5, 5.41) is 16.5. The largest absolute Gasteiger partial charge is 0.476 e. The molecular weight excluding hydrogens is 266 g/mol. The fraction of sp³-hybridized carbons (Fsp3) is 0.0625. The Labute approximate surface area is 121 Å². The van der Waals surface area contributed by atoms with Gasteiger partial charge in [0.15, 0.2) is 5.69 Å². The SMILES string of the molecule is O=C(O)c1cn(-c2ccccc2Cc2ccccc2)nn1. The van der Waals surface area contributed by atoms with Crippen LogP contribution in [0.1, 0.15) is 21.6 Å². The summed E-state index contributed by atoms with van der Waals surface area (Å²) in [5.41, 5.74) is 3.01. The van der Waals surface area contributed by atoms with Crippen molar-refractivity contribution in [2.24, 2.45) is 0 Å². The Morgan fingerprint density at radius 2 is 1.76 bits per heavy atom. The Morgan fingerprint density at radius 3 is 2.48 bits per heavy atom. The van der Waals surface area contributed by atoms with Gasteiger partial charge in [0.1, 0.15) is 0 Å². The monoisotopic (exact) mass is 279 g/mol. The Bertz CT molecular complexity index is 766. The van der Waals surface area contributed by atoms with Crippen molar-refractivity contribution in [3.63, 3.8) is 0 Å². The van der Waals surface area contributed by atoms with E-state index in [-0.39, 0.29) is 5.69 Å². The van der Waals surface area contributed by atoms with Gasteiger partial charge in [0.05, 0.1) is 11.9 Å². The first-order valence-electron chi connectivity index (χ1n) is 6.52. The molecule has 0 atom stereocenters. The molecule has 0 aliphatic heterocycles. The van der Waals surface area contributed by atoms with Gasteiger partial charge >= 0.3 is 5.97 Å². The van der Waals surface area contributed by atoms with Gasteiger partial charge in [-0.3, -0.25) is 0 Å². The van der Waals surface area contributed by atoms with Crippen LogP contribution in [0.4, 0.5) is 0 Å². The molecule has 5 nitrogen and oxygen atoms in total. The molecule has 0 aliphatic carbocycles. The molecule has 0 amide bonds. The van der Waals surface area contributed by atoms with Gasteiger partial charge in [-0.1, -0.05) is 53.7 Å². The molecule has 1 N–H and O–H groups in total. The first kappa shape index (κ1) is 13.1. The number of carboxylic acids is 1. The van der Waals surface area contributed by atoms with E-state index in [4.69, 9.17) is 5.11 Å². The molecule has 21 heavy (non-hydrogen) atoms. The number of nitrogens with zero attached hydrogens (tertiary/aromatic N) is 3. The first-order valence-corrected chi connectivity index (χ1v) is 6.52. The normalized spacial score (nSPS) is 10.5. The van der Waals surface area contributed by atoms with Gasteiger partial charge in [0, 0.05) is 0 Å². The lowest BCUT2D eigenvalue weighted by Gasteiger charge is -2.08. The summed E-state index contributed by atoms with van der Waals surface area (Å²) in [7, 11) is 0. The third kappa shape index (κ3) is 2.81. The summed E-state index contributed by atoms with van der Waals surface area (Å²) >= 11 is 0. The van der Waals surface area contributed by atoms with Crippen LogP contribution in [0.25, 0.3) is 5.69 Å². The van der Waals surface area contributed by atoms with Crippen LogP contribution < -0.4 is 0 Å². The second-order valence-corrected chi connectivity index (χ2v) is 4.64. The number of hydrogen-bond acceptors (Lipinski definition) is 3. The number of aromatic carboxylic acids is 1. The van der Waals surface area contributed by atoms with Crippen LogP contribution in [0.2, 0.25) is 0 Å². The van der Waals surface area contributed by atoms with Crippen molar-refractivity contribution in [2.75, 3.05) is 0 Å². The molecule has 104 valence electrons. The summed E-state index contributed by atoms with van der Waals surface area (Å²) < 4.78 is 1.50. The summed E-state index contributed by atoms with van der Waals surface area (Å²) in [5.74, 6) is -1.08. The van der Waals surface area contributed by atoms with Crippen molar-refractivity contribution in [1.29, 1.82) is 0 Å². The average molecular weight is 279 g/mol. The predicted molar refractivity (Wildman–Crippen MR) is 77.6 cm³/mol. The Hall–Kier alpha value is -2.95. The van der Waals surface area contributed by atoms with Crippen LogP contribution in [-0.4, -0.2) is 26.1 Å². The van der Waals surface area contributed by atoms with Crippen LogP contribution in [-0.2, 0) is 6.42 Å². The molecule has 0 fully saturated rings. The Morgan fingerprint density at radius 1 is 1.05 bits per heavy atom. The molecule has 3 rings (SSSR count). The highest BCUT2D eigenvalue weighted by Gasteiger charge is 2.11. The predicted octanol–water partition coefficient (Wildman–Crippen LogP) is 2.56. The summed E-state index contributed by atoms with van der Waals surface area (Å²) in [6, 6.07) is 17.8. The lowest BCUT2D eigenvalue weighted by atomic mass is 10.0. The van der Waals surface area contributed by atoms with E-state index in [9.17, 15) is 4.79 Å². The summed E-state index contributed by atoms with van der Waals surface area (Å²) in [6.45, 7) is 0. The molecule has 0 saturated heterocycles. The van der Waals surface area contributed by atoms with E-state index in [1.54, 1.807) is 0 Å². The second kappa shape index (κ2) is 5.58. The zero-order valence-corrected chi connectivity index (χ0v) is 11.2. The van der Waals surface area contributed by atoms with Gasteiger partial charge in [-0.2, -0.15) is 0 Å². The number of carboxylic acid groups (broad SMARTS) is 1. The molecule has 0 unspecified atom stereocenters. The minimum atomic E-state index is -1.08. The van der Waals surface area contributed by atoms with Crippen molar-refractivity contribution in [1.82, 2.24) is 15.0 Å². The number of carbonyl (C=O) groups is 1. The number of benzene rings is 2. The number of hydrogen-bond donors (Lipinski definition) is 1. The van der Waals surface area contributed by atoms with Gasteiger partial charge in [-0.05, 0) is 23.6 Å². The van der Waals surface area contributed by atoms with Crippen molar-refractivity contribution in [3.8, 4) is 5.69 Å². The Balaban J connectivity index is 1.97. The van der Waals surface area contributed by atoms with Crippen LogP contribution in [0.15, 0.2) is 60.8 Å². The highest BCUT2D eigenvalue weighted by atomic mass is 16.4. The number of aromatic nitrogens is 3. The zero-order valence-electron chi connectivity index (χ0n) is 11.2. The average Bonchev–Trinajstić information content (AvgIpc) is 2.99. The molecule has 5 heteroatoms. The van der Waals surface area contributed by atoms with Gasteiger partial charge < -0.3 is 5.11 Å². The number of para-hydroxylation sites is 1. The maximum absolute atomic E-state index is 10.9. The molecule has 0 aliphatic rings. The van der Waals surface area contributed by atoms with E-state index in [1.807, 2.05) is 42.5 Å². The van der Waals surface area contributed by atoms with Crippen LogP contribution in [0, 0.1) is 0 Å². The van der Waals surface area contributed by atoms with Crippen molar-refractivity contribution < 1.29 is 9.90 Å². The van der Waals surface area contributed by atoms with Gasteiger partial charge in [-0.15, -0.1) is 5.10 Å². The molecular formula is C16H13N3O2. The van der Waals surface area contributed by atoms with E-state index in [0.29, 0.717) is 0 Å². The van der Waals surface area contributed by atoms with Crippen molar-refractivity contribution >= 4 is 5.97 Å². The molecule has 0 saturated carbocycles. The van der Waals surface area contributed by atoms with Crippen molar-refractivity contribution in [3.05, 3.63) is 77.6 Å². The molecule has 1 heterocycles. The smallest absolute Gasteiger partial charge is 0.358 e. The highest BCUT2D eigenvalue weighted by molar-refractivity contribution is 5.84. The second-order valence-electron chi connectivity index (χ2n) is 4.64. The fourth-order valence-corrected chi connectivity index (χ4v) is 2.18. The minimum Gasteiger partial charge on any atom is -0.476 e. The number of rotatable bonds is 4. The third-order valence-corrected chi connectivity index (χ3v) is 3.19. The van der Waals surface area contributed by atoms with Gasteiger partial charge in [0.2, 0.25) is 0 Å². The molecule has 1 aromatic heterocycles. The minimum absolute atomic E-state index is 0.0653. The van der Waals surface area contributed by atoms with Gasteiger partial charge in [-0.25, -0.2) is 9.48 Å². The summed E-state index contributed by atoms with van der Waals surface area (Å²) in [6.07, 6.45) is 2.17. The highest BCUT2D eigenvalue weighted by Crippen LogP contribution is 2.17. The topological polar surface area (TPSA) is 68.0 Å². The molecule has 0 spiro atoms. The molecule has 0 bridgehead atoms. The molecule has 3 aromatic rings. The van der Waals surface area contributed by atoms with E-state index in [2.05, 4.69) is 22.4 Å². The molecule has 0 radical (unpaired) electrons. The van der Waals surface area contributed by atoms with E-state index in [1.165, 1.54) is 16.4 Å². The quantitative estimate of drug-likeness (QED) is 0.797. The lowest BCUT2D eigenvalue weighted by molar-refractivity contribution is 0.0690. The van der Waals surface area contributed by atoms with Crippen LogP contribution >= 0.6 is 0 Å². The van der Waals surface area contributed by atoms with Gasteiger partial charge in [0.25, 0.3) is 0 Å². The standard InChI is InChI=1S/C16H13N3O2/c20-16(21)14-11-19(18-17-14)15-9-5-4-8-13(15)10-12-6-2-1-3-7-12/h1-9,11H,10H2,(H,20,21). The first-order chi connectivity index (χ1) is 10.2. The lowest BCUT2D eigenvalue weighted by Crippen LogP contribution is -2.01. The van der Waals surface area contributed by atoms with E-state index < -0.39 is 5.97 Å². The third-order valence-electron chi connectivity index (χ3n) is 3.19. The van der Waals surface area contributed by atoms with Crippen molar-refractivity contribution in [2.45, 2.75) is 6.42 Å². The fourth-order valence-electron chi connectivity index (χ4n) is 2.18. The van der Waals surface area contributed by atoms with E-state index in [0.717, 1.165) is 17.7 Å². The molecule has 2 aromatic carbocycles. The Kier molecular flexibility index (Phi) is 3.47. The van der Waals surface area contributed by atoms with Crippen LogP contribution in [0.3, 0.4) is 0 Å².